The van der Waals surface area contributed by atoms with E-state index >= 15 is 0 Å². The SMILES string of the molecule is CCCCCNc1cnns1. The molecule has 0 saturated heterocycles. The first-order valence-corrected chi connectivity index (χ1v) is 4.72. The quantitative estimate of drug-likeness (QED) is 0.690. The van der Waals surface area contributed by atoms with E-state index < -0.39 is 0 Å². The van der Waals surface area contributed by atoms with Gasteiger partial charge in [-0.15, -0.1) is 5.10 Å². The summed E-state index contributed by atoms with van der Waals surface area (Å²) in [4.78, 5) is 0. The van der Waals surface area contributed by atoms with Gasteiger partial charge in [-0.2, -0.15) is 0 Å². The average Bonchev–Trinajstić information content (AvgIpc) is 2.50. The van der Waals surface area contributed by atoms with E-state index in [4.69, 9.17) is 0 Å². The first-order valence-electron chi connectivity index (χ1n) is 3.94. The topological polar surface area (TPSA) is 37.8 Å². The summed E-state index contributed by atoms with van der Waals surface area (Å²) in [7, 11) is 0. The van der Waals surface area contributed by atoms with E-state index in [1.54, 1.807) is 6.20 Å². The van der Waals surface area contributed by atoms with Crippen molar-refractivity contribution in [3.05, 3.63) is 6.20 Å². The van der Waals surface area contributed by atoms with Gasteiger partial charge in [0.15, 0.2) is 0 Å². The van der Waals surface area contributed by atoms with Gasteiger partial charge in [-0.25, -0.2) is 0 Å². The lowest BCUT2D eigenvalue weighted by atomic mass is 10.2. The molecule has 1 rings (SSSR count). The van der Waals surface area contributed by atoms with Crippen molar-refractivity contribution in [3.8, 4) is 0 Å². The van der Waals surface area contributed by atoms with Crippen LogP contribution in [-0.4, -0.2) is 16.1 Å². The zero-order valence-corrected chi connectivity index (χ0v) is 7.52. The molecule has 1 aromatic heterocycles. The highest BCUT2D eigenvalue weighted by Gasteiger charge is 1.92. The number of nitrogens with zero attached hydrogens (tertiary/aromatic N) is 2. The highest BCUT2D eigenvalue weighted by Crippen LogP contribution is 2.08. The molecule has 62 valence electrons. The molecule has 0 bridgehead atoms. The molecule has 0 aliphatic heterocycles. The number of unbranched alkanes of at least 4 members (excludes halogenated alkanes) is 2. The Labute approximate surface area is 71.0 Å². The van der Waals surface area contributed by atoms with Crippen LogP contribution in [0.1, 0.15) is 26.2 Å². The van der Waals surface area contributed by atoms with Crippen LogP contribution >= 0.6 is 11.5 Å². The number of nitrogens with one attached hydrogen (secondary N) is 1. The van der Waals surface area contributed by atoms with Crippen LogP contribution < -0.4 is 5.32 Å². The molecule has 1 aromatic rings. The maximum Gasteiger partial charge on any atom is 0.130 e. The number of hydrogen-bond donors (Lipinski definition) is 1. The Balaban J connectivity index is 2.04. The van der Waals surface area contributed by atoms with Gasteiger partial charge >= 0.3 is 0 Å². The van der Waals surface area contributed by atoms with Crippen LogP contribution in [0.4, 0.5) is 5.00 Å². The number of aromatic nitrogens is 2. The van der Waals surface area contributed by atoms with Crippen LogP contribution in [0.3, 0.4) is 0 Å². The monoisotopic (exact) mass is 171 g/mol. The summed E-state index contributed by atoms with van der Waals surface area (Å²) in [6, 6.07) is 0. The summed E-state index contributed by atoms with van der Waals surface area (Å²) < 4.78 is 3.75. The third-order valence-electron chi connectivity index (χ3n) is 1.44. The normalized spacial score (nSPS) is 9.91. The minimum absolute atomic E-state index is 1.04. The Hall–Kier alpha value is -0.640. The third-order valence-corrected chi connectivity index (χ3v) is 2.06. The third kappa shape index (κ3) is 3.32. The number of rotatable bonds is 5. The second kappa shape index (κ2) is 5.07. The van der Waals surface area contributed by atoms with Crippen molar-refractivity contribution in [2.45, 2.75) is 26.2 Å². The van der Waals surface area contributed by atoms with Gasteiger partial charge in [0.1, 0.15) is 5.00 Å². The van der Waals surface area contributed by atoms with E-state index in [1.165, 1.54) is 30.8 Å². The van der Waals surface area contributed by atoms with E-state index in [1.807, 2.05) is 0 Å². The molecule has 0 aliphatic rings. The molecule has 0 fully saturated rings. The maximum absolute atomic E-state index is 3.75. The fourth-order valence-electron chi connectivity index (χ4n) is 0.832. The van der Waals surface area contributed by atoms with Gasteiger partial charge in [-0.1, -0.05) is 24.3 Å². The van der Waals surface area contributed by atoms with Crippen LogP contribution in [0, 0.1) is 0 Å². The Bertz CT molecular complexity index is 174. The summed E-state index contributed by atoms with van der Waals surface area (Å²) in [5.74, 6) is 0. The van der Waals surface area contributed by atoms with Crippen LogP contribution in [0.2, 0.25) is 0 Å². The van der Waals surface area contributed by atoms with Crippen LogP contribution in [-0.2, 0) is 0 Å². The zero-order valence-electron chi connectivity index (χ0n) is 6.71. The lowest BCUT2D eigenvalue weighted by Gasteiger charge is -1.99. The average molecular weight is 171 g/mol. The molecule has 11 heavy (non-hydrogen) atoms. The van der Waals surface area contributed by atoms with Crippen molar-refractivity contribution in [1.29, 1.82) is 0 Å². The molecule has 0 radical (unpaired) electrons. The van der Waals surface area contributed by atoms with Gasteiger partial charge in [-0.3, -0.25) is 0 Å². The standard InChI is InChI=1S/C7H13N3S/c1-2-3-4-5-8-7-6-9-10-11-7/h6,8H,2-5H2,1H3. The van der Waals surface area contributed by atoms with Gasteiger partial charge in [0, 0.05) is 18.1 Å². The van der Waals surface area contributed by atoms with Gasteiger partial charge in [0.05, 0.1) is 6.20 Å². The largest absolute Gasteiger partial charge is 0.374 e. The van der Waals surface area contributed by atoms with E-state index in [2.05, 4.69) is 21.8 Å². The molecule has 1 heterocycles. The Kier molecular flexibility index (Phi) is 3.90. The molecule has 0 saturated carbocycles. The van der Waals surface area contributed by atoms with Crippen molar-refractivity contribution in [3.63, 3.8) is 0 Å². The maximum atomic E-state index is 3.75. The van der Waals surface area contributed by atoms with Gasteiger partial charge in [0.25, 0.3) is 0 Å². The van der Waals surface area contributed by atoms with Crippen LogP contribution in [0.15, 0.2) is 6.20 Å². The summed E-state index contributed by atoms with van der Waals surface area (Å²) in [5.41, 5.74) is 0. The second-order valence-corrected chi connectivity index (χ2v) is 3.20. The minimum atomic E-state index is 1.04. The summed E-state index contributed by atoms with van der Waals surface area (Å²) in [5, 5.41) is 8.05. The Morgan fingerprint density at radius 3 is 3.09 bits per heavy atom. The Morgan fingerprint density at radius 2 is 2.45 bits per heavy atom. The summed E-state index contributed by atoms with van der Waals surface area (Å²) >= 11 is 1.41. The lowest BCUT2D eigenvalue weighted by Crippen LogP contribution is -1.98. The molecule has 0 spiro atoms. The molecule has 1 N–H and O–H groups in total. The lowest BCUT2D eigenvalue weighted by molar-refractivity contribution is 0.744. The van der Waals surface area contributed by atoms with E-state index in [0.717, 1.165) is 11.5 Å². The summed E-state index contributed by atoms with van der Waals surface area (Å²) in [6.07, 6.45) is 5.55. The fraction of sp³-hybridized carbons (Fsp3) is 0.714. The van der Waals surface area contributed by atoms with Crippen molar-refractivity contribution < 1.29 is 0 Å². The van der Waals surface area contributed by atoms with E-state index in [0.29, 0.717) is 0 Å². The van der Waals surface area contributed by atoms with Gasteiger partial charge in [-0.05, 0) is 6.42 Å². The van der Waals surface area contributed by atoms with Gasteiger partial charge in [0.2, 0.25) is 0 Å². The molecule has 0 unspecified atom stereocenters. The van der Waals surface area contributed by atoms with Crippen molar-refractivity contribution in [2.24, 2.45) is 0 Å². The highest BCUT2D eigenvalue weighted by atomic mass is 32.1. The molecule has 0 aliphatic carbocycles. The molecule has 0 amide bonds. The first-order chi connectivity index (χ1) is 5.43. The minimum Gasteiger partial charge on any atom is -0.374 e. The molecule has 0 aromatic carbocycles. The number of anilines is 1. The predicted molar refractivity (Wildman–Crippen MR) is 47.9 cm³/mol. The molecule has 3 nitrogen and oxygen atoms in total. The van der Waals surface area contributed by atoms with Crippen molar-refractivity contribution >= 4 is 16.5 Å². The first kappa shape index (κ1) is 8.46. The van der Waals surface area contributed by atoms with Gasteiger partial charge < -0.3 is 5.32 Å². The number of hydrogen-bond acceptors (Lipinski definition) is 4. The Morgan fingerprint density at radius 1 is 1.55 bits per heavy atom. The van der Waals surface area contributed by atoms with Crippen LogP contribution in [0.25, 0.3) is 0 Å². The zero-order chi connectivity index (χ0) is 7.94. The smallest absolute Gasteiger partial charge is 0.130 e. The second-order valence-electron chi connectivity index (χ2n) is 2.42. The molecule has 4 heteroatoms. The fourth-order valence-corrected chi connectivity index (χ4v) is 1.27. The molecular formula is C7H13N3S. The van der Waals surface area contributed by atoms with Crippen molar-refractivity contribution in [1.82, 2.24) is 9.59 Å². The van der Waals surface area contributed by atoms with Crippen molar-refractivity contribution in [2.75, 3.05) is 11.9 Å². The molecule has 0 atom stereocenters. The highest BCUT2D eigenvalue weighted by molar-refractivity contribution is 7.09. The van der Waals surface area contributed by atoms with E-state index in [-0.39, 0.29) is 0 Å². The van der Waals surface area contributed by atoms with Crippen LogP contribution in [0.5, 0.6) is 0 Å². The molecular weight excluding hydrogens is 158 g/mol. The summed E-state index contributed by atoms with van der Waals surface area (Å²) in [6.45, 7) is 3.24. The van der Waals surface area contributed by atoms with E-state index in [9.17, 15) is 0 Å². The predicted octanol–water partition coefficient (Wildman–Crippen LogP) is 2.14.